The fourth-order valence-electron chi connectivity index (χ4n) is 6.44. The lowest BCUT2D eigenvalue weighted by atomic mass is 9.57. The fourth-order valence-corrected chi connectivity index (χ4v) is 6.44. The number of nitrogens with two attached hydrogens (primary N) is 1. The molecule has 1 saturated carbocycles. The minimum Gasteiger partial charge on any atom is -0.508 e. The van der Waals surface area contributed by atoms with Crippen molar-refractivity contribution in [3.05, 3.63) is 58.1 Å². The Morgan fingerprint density at radius 2 is 1.83 bits per heavy atom. The van der Waals surface area contributed by atoms with Gasteiger partial charge in [0, 0.05) is 22.6 Å². The van der Waals surface area contributed by atoms with Gasteiger partial charge in [0.1, 0.15) is 34.4 Å². The van der Waals surface area contributed by atoms with Crippen molar-refractivity contribution in [1.82, 2.24) is 10.2 Å². The Hall–Kier alpha value is -3.93. The van der Waals surface area contributed by atoms with Crippen LogP contribution in [0.3, 0.4) is 0 Å². The topological polar surface area (TPSA) is 187 Å². The van der Waals surface area contributed by atoms with Gasteiger partial charge < -0.3 is 35.9 Å². The van der Waals surface area contributed by atoms with Crippen LogP contribution in [0, 0.1) is 11.8 Å². The number of hydrogen-bond donors (Lipinski definition) is 6. The number of rotatable bonds is 5. The van der Waals surface area contributed by atoms with Gasteiger partial charge in [-0.1, -0.05) is 0 Å². The summed E-state index contributed by atoms with van der Waals surface area (Å²) in [6.07, 6.45) is 0.189. The Morgan fingerprint density at radius 3 is 2.44 bits per heavy atom. The number of carbonyl (C=O) groups is 3. The molecule has 0 saturated heterocycles. The minimum atomic E-state index is -2.67. The smallest absolute Gasteiger partial charge is 0.255 e. The predicted octanol–water partition coefficient (Wildman–Crippen LogP) is 2.11. The molecule has 11 heteroatoms. The number of Topliss-reactive ketones (excluding diaryl/α,β-unsaturated/α-hetero) is 2. The number of primary amides is 1. The van der Waals surface area contributed by atoms with E-state index in [1.54, 1.807) is 26.2 Å². The largest absolute Gasteiger partial charge is 0.508 e. The SMILES string of the molecule is CN(C)C1C(=O)C(C(N)=O)=C(O)C2(O)C(=O)C3=C(O)c4c(O)ccc(-c5ccc(CNC(C)(C)C)o5)c4CC3CC12. The first kappa shape index (κ1) is 28.6. The lowest BCUT2D eigenvalue weighted by Gasteiger charge is -2.50. The Labute approximate surface area is 236 Å². The Balaban J connectivity index is 1.64. The number of ketones is 2. The Kier molecular flexibility index (Phi) is 6.68. The fraction of sp³-hybridized carbons (Fsp3) is 0.433. The van der Waals surface area contributed by atoms with Crippen LogP contribution in [0.15, 0.2) is 45.6 Å². The van der Waals surface area contributed by atoms with Crippen molar-refractivity contribution in [2.24, 2.45) is 17.6 Å². The van der Waals surface area contributed by atoms with E-state index in [0.717, 1.165) is 0 Å². The van der Waals surface area contributed by atoms with Crippen molar-refractivity contribution in [3.63, 3.8) is 0 Å². The van der Waals surface area contributed by atoms with E-state index in [4.69, 9.17) is 10.2 Å². The monoisotopic (exact) mass is 565 g/mol. The minimum absolute atomic E-state index is 0.0137. The number of aliphatic hydroxyl groups is 3. The Bertz CT molecular complexity index is 1540. The van der Waals surface area contributed by atoms with E-state index in [-0.39, 0.29) is 35.3 Å². The van der Waals surface area contributed by atoms with Crippen LogP contribution in [0.4, 0.5) is 0 Å². The highest BCUT2D eigenvalue weighted by atomic mass is 16.4. The maximum Gasteiger partial charge on any atom is 0.255 e. The second kappa shape index (κ2) is 9.57. The second-order valence-electron chi connectivity index (χ2n) is 12.3. The van der Waals surface area contributed by atoms with E-state index in [2.05, 4.69) is 5.32 Å². The van der Waals surface area contributed by atoms with Crippen molar-refractivity contribution < 1.29 is 39.2 Å². The lowest BCUT2D eigenvalue weighted by molar-refractivity contribution is -0.153. The normalized spacial score (nSPS) is 26.3. The maximum atomic E-state index is 14.0. The summed E-state index contributed by atoms with van der Waals surface area (Å²) in [5.74, 6) is -5.65. The first-order valence-electron chi connectivity index (χ1n) is 13.4. The highest BCUT2D eigenvalue weighted by Crippen LogP contribution is 2.53. The van der Waals surface area contributed by atoms with E-state index in [9.17, 15) is 34.8 Å². The molecule has 1 aromatic carbocycles. The molecule has 4 atom stereocenters. The summed E-state index contributed by atoms with van der Waals surface area (Å²) in [4.78, 5) is 40.8. The molecule has 2 aromatic rings. The number of amides is 1. The van der Waals surface area contributed by atoms with Crippen molar-refractivity contribution in [2.75, 3.05) is 14.1 Å². The average Bonchev–Trinajstić information content (AvgIpc) is 3.33. The van der Waals surface area contributed by atoms with E-state index in [1.807, 2.05) is 26.8 Å². The van der Waals surface area contributed by atoms with Gasteiger partial charge in [-0.3, -0.25) is 19.3 Å². The number of hydrogen-bond acceptors (Lipinski definition) is 10. The molecule has 1 heterocycles. The molecule has 5 rings (SSSR count). The number of phenolic OH excluding ortho intramolecular Hbond substituents is 1. The zero-order chi connectivity index (χ0) is 30.2. The standard InChI is InChI=1S/C30H35N3O8/c1-29(2,3)32-12-14-6-9-19(41-14)15-7-8-18(34)21-16(15)10-13-11-17-23(33(4)5)25(36)22(28(31)39)27(38)30(17,40)26(37)20(13)24(21)35/h6-9,13,17,23,32,34-35,38,40H,10-12H2,1-5H3,(H2,31,39). The third-order valence-electron chi connectivity index (χ3n) is 8.32. The number of phenols is 1. The number of furan rings is 1. The first-order chi connectivity index (χ1) is 19.1. The summed E-state index contributed by atoms with van der Waals surface area (Å²) >= 11 is 0. The van der Waals surface area contributed by atoms with Gasteiger partial charge in [-0.05, 0) is 83.5 Å². The number of aromatic hydroxyl groups is 1. The lowest BCUT2D eigenvalue weighted by Crippen LogP contribution is -2.65. The van der Waals surface area contributed by atoms with Gasteiger partial charge in [-0.2, -0.15) is 0 Å². The van der Waals surface area contributed by atoms with Gasteiger partial charge in [-0.25, -0.2) is 0 Å². The van der Waals surface area contributed by atoms with Crippen LogP contribution < -0.4 is 11.1 Å². The molecular weight excluding hydrogens is 530 g/mol. The molecule has 0 radical (unpaired) electrons. The van der Waals surface area contributed by atoms with Crippen LogP contribution in [0.5, 0.6) is 5.75 Å². The van der Waals surface area contributed by atoms with Crippen molar-refractivity contribution >= 4 is 23.2 Å². The van der Waals surface area contributed by atoms with Crippen LogP contribution in [-0.2, 0) is 27.3 Å². The highest BCUT2D eigenvalue weighted by Gasteiger charge is 2.64. The molecule has 1 amide bonds. The number of likely N-dealkylation sites (N-methyl/N-ethyl adjacent to an activating group) is 1. The number of nitrogens with zero attached hydrogens (tertiary/aromatic N) is 1. The van der Waals surface area contributed by atoms with Crippen LogP contribution in [-0.4, -0.2) is 74.1 Å². The molecular formula is C30H35N3O8. The van der Waals surface area contributed by atoms with Gasteiger partial charge in [0.05, 0.1) is 18.2 Å². The average molecular weight is 566 g/mol. The molecule has 11 nitrogen and oxygen atoms in total. The number of nitrogens with one attached hydrogen (secondary N) is 1. The third kappa shape index (κ3) is 4.35. The summed E-state index contributed by atoms with van der Waals surface area (Å²) < 4.78 is 6.09. The van der Waals surface area contributed by atoms with Gasteiger partial charge in [0.25, 0.3) is 5.91 Å². The summed E-state index contributed by atoms with van der Waals surface area (Å²) in [6, 6.07) is 5.55. The molecule has 3 aliphatic rings. The van der Waals surface area contributed by atoms with E-state index in [0.29, 0.717) is 29.2 Å². The highest BCUT2D eigenvalue weighted by molar-refractivity contribution is 6.24. The van der Waals surface area contributed by atoms with E-state index in [1.165, 1.54) is 11.0 Å². The molecule has 4 unspecified atom stereocenters. The number of carbonyl (C=O) groups excluding carboxylic acids is 3. The first-order valence-corrected chi connectivity index (χ1v) is 13.4. The van der Waals surface area contributed by atoms with Crippen LogP contribution in [0.2, 0.25) is 0 Å². The molecule has 218 valence electrons. The maximum absolute atomic E-state index is 14.0. The molecule has 3 aliphatic carbocycles. The second-order valence-corrected chi connectivity index (χ2v) is 12.3. The Morgan fingerprint density at radius 1 is 1.15 bits per heavy atom. The molecule has 0 aliphatic heterocycles. The van der Waals surface area contributed by atoms with Crippen molar-refractivity contribution in [3.8, 4) is 17.1 Å². The summed E-state index contributed by atoms with van der Waals surface area (Å²) in [5, 5.41) is 48.3. The van der Waals surface area contributed by atoms with Crippen molar-refractivity contribution in [2.45, 2.75) is 57.3 Å². The molecule has 7 N–H and O–H groups in total. The zero-order valence-electron chi connectivity index (χ0n) is 23.6. The molecule has 0 bridgehead atoms. The molecule has 41 heavy (non-hydrogen) atoms. The third-order valence-corrected chi connectivity index (χ3v) is 8.32. The molecule has 0 spiro atoms. The van der Waals surface area contributed by atoms with Gasteiger partial charge >= 0.3 is 0 Å². The summed E-state index contributed by atoms with van der Waals surface area (Å²) in [5.41, 5.74) is 2.70. The summed E-state index contributed by atoms with van der Waals surface area (Å²) in [7, 11) is 3.12. The zero-order valence-corrected chi connectivity index (χ0v) is 23.6. The predicted molar refractivity (Wildman–Crippen MR) is 149 cm³/mol. The van der Waals surface area contributed by atoms with Gasteiger partial charge in [-0.15, -0.1) is 0 Å². The van der Waals surface area contributed by atoms with Crippen molar-refractivity contribution in [1.29, 1.82) is 0 Å². The van der Waals surface area contributed by atoms with E-state index < -0.39 is 58.0 Å². The van der Waals surface area contributed by atoms with E-state index >= 15 is 0 Å². The summed E-state index contributed by atoms with van der Waals surface area (Å²) in [6.45, 7) is 6.60. The molecule has 1 aromatic heterocycles. The van der Waals surface area contributed by atoms with Crippen LogP contribution in [0.1, 0.15) is 44.1 Å². The number of benzene rings is 1. The van der Waals surface area contributed by atoms with Crippen LogP contribution in [0.25, 0.3) is 17.1 Å². The number of fused-ring (bicyclic) bond motifs is 3. The van der Waals surface area contributed by atoms with Crippen LogP contribution >= 0.6 is 0 Å². The van der Waals surface area contributed by atoms with Gasteiger partial charge in [0.15, 0.2) is 11.4 Å². The quantitative estimate of drug-likeness (QED) is 0.293. The number of aliphatic hydroxyl groups excluding tert-OH is 2. The van der Waals surface area contributed by atoms with Gasteiger partial charge in [0.2, 0.25) is 5.78 Å². The molecule has 1 fully saturated rings.